The summed E-state index contributed by atoms with van der Waals surface area (Å²) in [6.45, 7) is 4.89. The van der Waals surface area contributed by atoms with Crippen LogP contribution in [0, 0.1) is 0 Å². The number of nitrogens with one attached hydrogen (secondary N) is 3. The lowest BCUT2D eigenvalue weighted by Crippen LogP contribution is -2.53. The van der Waals surface area contributed by atoms with Crippen molar-refractivity contribution in [3.05, 3.63) is 143 Å². The maximum atomic E-state index is 12.9. The first-order valence-corrected chi connectivity index (χ1v) is 15.1. The van der Waals surface area contributed by atoms with Gasteiger partial charge in [0.25, 0.3) is 17.7 Å². The molecule has 1 unspecified atom stereocenters. The molecule has 226 valence electrons. The SMILES string of the molecule is O=C1NC(C=Cc2ccccc2)C(=O)NC1=Cc1ccc(C(=O)Nc2ccc(CN3CCN(c4ccccc4)CC3)cc2)cc1. The van der Waals surface area contributed by atoms with E-state index in [2.05, 4.69) is 62.1 Å². The standard InChI is InChI=1S/C37H35N5O3/c43-35(38-31-18-13-29(14-19-31)26-41-21-23-42(24-22-41)32-9-5-2-6-10-32)30-16-11-28(12-17-30)25-34-37(45)39-33(36(44)40-34)20-15-27-7-3-1-4-8-27/h1-20,25,33H,21-24,26H2,(H,38,43)(H,39,45)(H,40,44). The molecule has 0 saturated carbocycles. The number of amides is 3. The zero-order chi connectivity index (χ0) is 31.0. The number of hydrogen-bond acceptors (Lipinski definition) is 5. The van der Waals surface area contributed by atoms with Gasteiger partial charge in [-0.1, -0.05) is 84.9 Å². The summed E-state index contributed by atoms with van der Waals surface area (Å²) in [5, 5.41) is 8.36. The van der Waals surface area contributed by atoms with Crippen LogP contribution < -0.4 is 20.9 Å². The van der Waals surface area contributed by atoms with E-state index in [-0.39, 0.29) is 23.4 Å². The van der Waals surface area contributed by atoms with Gasteiger partial charge in [-0.3, -0.25) is 19.3 Å². The van der Waals surface area contributed by atoms with Gasteiger partial charge in [0.2, 0.25) is 0 Å². The van der Waals surface area contributed by atoms with Crippen molar-refractivity contribution in [1.82, 2.24) is 15.5 Å². The van der Waals surface area contributed by atoms with Crippen LogP contribution in [0.5, 0.6) is 0 Å². The Balaban J connectivity index is 0.987. The number of nitrogens with zero attached hydrogens (tertiary/aromatic N) is 2. The van der Waals surface area contributed by atoms with Crippen LogP contribution >= 0.6 is 0 Å². The average Bonchev–Trinajstić information content (AvgIpc) is 3.08. The van der Waals surface area contributed by atoms with Gasteiger partial charge in [-0.05, 0) is 59.2 Å². The molecule has 8 nitrogen and oxygen atoms in total. The maximum absolute atomic E-state index is 12.9. The fourth-order valence-electron chi connectivity index (χ4n) is 5.42. The van der Waals surface area contributed by atoms with Crippen LogP contribution in [0.3, 0.4) is 0 Å². The number of carbonyl (C=O) groups is 3. The molecule has 0 bridgehead atoms. The molecule has 4 aromatic rings. The molecule has 2 heterocycles. The van der Waals surface area contributed by atoms with Crippen LogP contribution in [-0.2, 0) is 16.1 Å². The molecule has 1 atom stereocenters. The molecule has 0 aliphatic carbocycles. The summed E-state index contributed by atoms with van der Waals surface area (Å²) in [5.74, 6) is -0.923. The van der Waals surface area contributed by atoms with Gasteiger partial charge < -0.3 is 20.9 Å². The van der Waals surface area contributed by atoms with Crippen molar-refractivity contribution in [2.45, 2.75) is 12.6 Å². The average molecular weight is 598 g/mol. The number of benzene rings is 4. The molecule has 0 aromatic heterocycles. The lowest BCUT2D eigenvalue weighted by atomic mass is 10.1. The minimum absolute atomic E-state index is 0.153. The molecule has 2 aliphatic rings. The van der Waals surface area contributed by atoms with Crippen molar-refractivity contribution in [3.8, 4) is 0 Å². The summed E-state index contributed by atoms with van der Waals surface area (Å²) in [4.78, 5) is 43.0. The molecule has 45 heavy (non-hydrogen) atoms. The number of carbonyl (C=O) groups excluding carboxylic acids is 3. The molecule has 4 aromatic carbocycles. The summed E-state index contributed by atoms with van der Waals surface area (Å²) < 4.78 is 0. The molecule has 3 amide bonds. The minimum Gasteiger partial charge on any atom is -0.369 e. The van der Waals surface area contributed by atoms with Crippen molar-refractivity contribution in [2.24, 2.45) is 0 Å². The van der Waals surface area contributed by atoms with E-state index in [0.29, 0.717) is 11.1 Å². The Bertz CT molecular complexity index is 1690. The largest absolute Gasteiger partial charge is 0.369 e. The predicted molar refractivity (Wildman–Crippen MR) is 178 cm³/mol. The van der Waals surface area contributed by atoms with E-state index < -0.39 is 6.04 Å². The topological polar surface area (TPSA) is 93.8 Å². The molecule has 2 fully saturated rings. The Morgan fingerprint density at radius 1 is 0.778 bits per heavy atom. The van der Waals surface area contributed by atoms with Crippen molar-refractivity contribution in [3.63, 3.8) is 0 Å². The zero-order valence-corrected chi connectivity index (χ0v) is 24.9. The highest BCUT2D eigenvalue weighted by Crippen LogP contribution is 2.19. The van der Waals surface area contributed by atoms with E-state index in [0.717, 1.165) is 44.0 Å². The van der Waals surface area contributed by atoms with Crippen LogP contribution in [0.2, 0.25) is 0 Å². The summed E-state index contributed by atoms with van der Waals surface area (Å²) >= 11 is 0. The first kappa shape index (κ1) is 29.6. The fourth-order valence-corrected chi connectivity index (χ4v) is 5.42. The Labute approximate surface area is 263 Å². The van der Waals surface area contributed by atoms with Crippen molar-refractivity contribution < 1.29 is 14.4 Å². The van der Waals surface area contributed by atoms with Crippen LogP contribution in [0.15, 0.2) is 121 Å². The third-order valence-electron chi connectivity index (χ3n) is 7.95. The Hall–Kier alpha value is -5.47. The highest BCUT2D eigenvalue weighted by atomic mass is 16.2. The Kier molecular flexibility index (Phi) is 9.13. The van der Waals surface area contributed by atoms with Gasteiger partial charge >= 0.3 is 0 Å². The minimum atomic E-state index is -0.759. The molecular formula is C37H35N5O3. The zero-order valence-electron chi connectivity index (χ0n) is 24.9. The molecule has 0 radical (unpaired) electrons. The lowest BCUT2D eigenvalue weighted by molar-refractivity contribution is -0.129. The van der Waals surface area contributed by atoms with Crippen molar-refractivity contribution in [2.75, 3.05) is 36.4 Å². The third-order valence-corrected chi connectivity index (χ3v) is 7.95. The number of para-hydroxylation sites is 1. The van der Waals surface area contributed by atoms with Crippen molar-refractivity contribution >= 4 is 41.2 Å². The van der Waals surface area contributed by atoms with E-state index in [1.807, 2.05) is 48.5 Å². The van der Waals surface area contributed by atoms with Crippen LogP contribution in [0.1, 0.15) is 27.0 Å². The number of rotatable bonds is 8. The second kappa shape index (κ2) is 13.9. The van der Waals surface area contributed by atoms with Gasteiger partial charge in [-0.15, -0.1) is 0 Å². The normalized spacial score (nSPS) is 18.1. The molecule has 2 aliphatic heterocycles. The number of anilines is 2. The maximum Gasteiger partial charge on any atom is 0.268 e. The van der Waals surface area contributed by atoms with Crippen molar-refractivity contribution in [1.29, 1.82) is 0 Å². The summed E-state index contributed by atoms with van der Waals surface area (Å²) in [6, 6.07) is 34.2. The van der Waals surface area contributed by atoms with Gasteiger partial charge in [-0.2, -0.15) is 0 Å². The predicted octanol–water partition coefficient (Wildman–Crippen LogP) is 4.93. The molecular weight excluding hydrogens is 562 g/mol. The summed E-state index contributed by atoms with van der Waals surface area (Å²) in [5.41, 5.74) is 5.46. The molecule has 3 N–H and O–H groups in total. The monoisotopic (exact) mass is 597 g/mol. The van der Waals surface area contributed by atoms with Gasteiger partial charge in [0, 0.05) is 49.7 Å². The first-order chi connectivity index (χ1) is 22.0. The van der Waals surface area contributed by atoms with Gasteiger partial charge in [0.15, 0.2) is 0 Å². The van der Waals surface area contributed by atoms with E-state index >= 15 is 0 Å². The molecule has 6 rings (SSSR count). The molecule has 2 saturated heterocycles. The molecule has 8 heteroatoms. The van der Waals surface area contributed by atoms with E-state index in [1.54, 1.807) is 42.5 Å². The molecule has 0 spiro atoms. The first-order valence-electron chi connectivity index (χ1n) is 15.1. The fraction of sp³-hybridized carbons (Fsp3) is 0.162. The number of hydrogen-bond donors (Lipinski definition) is 3. The highest BCUT2D eigenvalue weighted by molar-refractivity contribution is 6.08. The van der Waals surface area contributed by atoms with Crippen LogP contribution in [-0.4, -0.2) is 54.8 Å². The van der Waals surface area contributed by atoms with Crippen LogP contribution in [0.4, 0.5) is 11.4 Å². The van der Waals surface area contributed by atoms with Gasteiger partial charge in [-0.25, -0.2) is 0 Å². The highest BCUT2D eigenvalue weighted by Gasteiger charge is 2.27. The van der Waals surface area contributed by atoms with E-state index in [9.17, 15) is 14.4 Å². The van der Waals surface area contributed by atoms with Gasteiger partial charge in [0.1, 0.15) is 11.7 Å². The third kappa shape index (κ3) is 7.74. The summed E-state index contributed by atoms with van der Waals surface area (Å²) in [6.07, 6.45) is 5.05. The summed E-state index contributed by atoms with van der Waals surface area (Å²) in [7, 11) is 0. The second-order valence-electron chi connectivity index (χ2n) is 11.1. The second-order valence-corrected chi connectivity index (χ2v) is 11.1. The lowest BCUT2D eigenvalue weighted by Gasteiger charge is -2.36. The Morgan fingerprint density at radius 2 is 1.44 bits per heavy atom. The van der Waals surface area contributed by atoms with Crippen LogP contribution in [0.25, 0.3) is 12.2 Å². The van der Waals surface area contributed by atoms with E-state index in [1.165, 1.54) is 11.3 Å². The quantitative estimate of drug-likeness (QED) is 0.251. The Morgan fingerprint density at radius 3 is 2.13 bits per heavy atom. The van der Waals surface area contributed by atoms with Gasteiger partial charge in [0.05, 0.1) is 0 Å². The number of piperazine rings is 2. The smallest absolute Gasteiger partial charge is 0.268 e. The van der Waals surface area contributed by atoms with E-state index in [4.69, 9.17) is 0 Å².